The standard InChI is InChI=1S/C26H28O9/c1-6-32-25(28)13-10-18-8-11-21(22(14-18)30-4)35-24(26(29)33-7-2)16-19-9-12-20(34-17(3)27)23(15-19)31-5/h8-16H,6-7H2,1-5H3/b13-10+,24-16-. The van der Waals surface area contributed by atoms with E-state index >= 15 is 0 Å². The molecule has 0 aliphatic rings. The van der Waals surface area contributed by atoms with Crippen molar-refractivity contribution in [3.63, 3.8) is 0 Å². The molecule has 0 N–H and O–H groups in total. The van der Waals surface area contributed by atoms with Gasteiger partial charge in [-0.05, 0) is 61.4 Å². The first-order chi connectivity index (χ1) is 16.8. The SMILES string of the molecule is CCOC(=O)/C=C/c1ccc(O/C(=C\c2ccc(OC(C)=O)c(OC)c2)C(=O)OCC)c(OC)c1. The van der Waals surface area contributed by atoms with E-state index in [-0.39, 0.29) is 30.5 Å². The summed E-state index contributed by atoms with van der Waals surface area (Å²) in [5.74, 6) is -0.635. The Balaban J connectivity index is 2.39. The quantitative estimate of drug-likeness (QED) is 0.201. The number of methoxy groups -OCH3 is 2. The smallest absolute Gasteiger partial charge is 0.374 e. The van der Waals surface area contributed by atoms with E-state index in [1.807, 2.05) is 0 Å². The molecule has 0 aromatic heterocycles. The third-order valence-electron chi connectivity index (χ3n) is 4.32. The van der Waals surface area contributed by atoms with Gasteiger partial charge in [0.2, 0.25) is 5.76 Å². The van der Waals surface area contributed by atoms with Crippen molar-refractivity contribution in [2.24, 2.45) is 0 Å². The maximum absolute atomic E-state index is 12.6. The molecule has 0 saturated heterocycles. The number of ether oxygens (including phenoxy) is 6. The van der Waals surface area contributed by atoms with Crippen LogP contribution in [0.2, 0.25) is 0 Å². The van der Waals surface area contributed by atoms with Crippen LogP contribution in [0.15, 0.2) is 48.2 Å². The number of rotatable bonds is 11. The van der Waals surface area contributed by atoms with Crippen molar-refractivity contribution in [1.82, 2.24) is 0 Å². The zero-order chi connectivity index (χ0) is 25.8. The van der Waals surface area contributed by atoms with Gasteiger partial charge in [-0.3, -0.25) is 4.79 Å². The Labute approximate surface area is 203 Å². The van der Waals surface area contributed by atoms with Gasteiger partial charge in [0.1, 0.15) is 0 Å². The highest BCUT2D eigenvalue weighted by atomic mass is 16.6. The van der Waals surface area contributed by atoms with Gasteiger partial charge < -0.3 is 28.4 Å². The molecule has 9 heteroatoms. The van der Waals surface area contributed by atoms with Crippen LogP contribution in [0, 0.1) is 0 Å². The normalized spacial score (nSPS) is 11.1. The third-order valence-corrected chi connectivity index (χ3v) is 4.32. The largest absolute Gasteiger partial charge is 0.493 e. The Morgan fingerprint density at radius 3 is 1.91 bits per heavy atom. The minimum atomic E-state index is -0.691. The average molecular weight is 485 g/mol. The molecule has 0 unspecified atom stereocenters. The number of hydrogen-bond acceptors (Lipinski definition) is 9. The second-order valence-electron chi connectivity index (χ2n) is 6.83. The Kier molecular flexibility index (Phi) is 10.4. The lowest BCUT2D eigenvalue weighted by Crippen LogP contribution is -2.13. The Morgan fingerprint density at radius 1 is 0.771 bits per heavy atom. The highest BCUT2D eigenvalue weighted by molar-refractivity contribution is 5.92. The van der Waals surface area contributed by atoms with E-state index in [0.717, 1.165) is 0 Å². The van der Waals surface area contributed by atoms with Crippen molar-refractivity contribution in [2.45, 2.75) is 20.8 Å². The summed E-state index contributed by atoms with van der Waals surface area (Å²) in [4.78, 5) is 35.4. The molecule has 0 fully saturated rings. The lowest BCUT2D eigenvalue weighted by atomic mass is 10.1. The molecule has 9 nitrogen and oxygen atoms in total. The topological polar surface area (TPSA) is 107 Å². The minimum Gasteiger partial charge on any atom is -0.493 e. The van der Waals surface area contributed by atoms with Gasteiger partial charge in [-0.1, -0.05) is 12.1 Å². The van der Waals surface area contributed by atoms with Crippen LogP contribution in [0.25, 0.3) is 12.2 Å². The Hall–Kier alpha value is -4.27. The van der Waals surface area contributed by atoms with Crippen molar-refractivity contribution in [2.75, 3.05) is 27.4 Å². The molecule has 0 bridgehead atoms. The summed E-state index contributed by atoms with van der Waals surface area (Å²) in [5.41, 5.74) is 1.20. The fourth-order valence-electron chi connectivity index (χ4n) is 2.84. The molecule has 0 radical (unpaired) electrons. The van der Waals surface area contributed by atoms with Crippen LogP contribution in [0.5, 0.6) is 23.0 Å². The first-order valence-corrected chi connectivity index (χ1v) is 10.8. The molecule has 0 saturated carbocycles. The average Bonchev–Trinajstić information content (AvgIpc) is 2.83. The van der Waals surface area contributed by atoms with E-state index in [4.69, 9.17) is 28.4 Å². The molecular weight excluding hydrogens is 456 g/mol. The van der Waals surface area contributed by atoms with E-state index < -0.39 is 17.9 Å². The van der Waals surface area contributed by atoms with Gasteiger partial charge in [-0.25, -0.2) is 9.59 Å². The second-order valence-corrected chi connectivity index (χ2v) is 6.83. The summed E-state index contributed by atoms with van der Waals surface area (Å²) in [5, 5.41) is 0. The first kappa shape index (κ1) is 27.0. The number of esters is 3. The first-order valence-electron chi connectivity index (χ1n) is 10.8. The van der Waals surface area contributed by atoms with Gasteiger partial charge >= 0.3 is 17.9 Å². The molecule has 2 rings (SSSR count). The number of benzene rings is 2. The van der Waals surface area contributed by atoms with Crippen molar-refractivity contribution in [3.05, 3.63) is 59.4 Å². The molecule has 0 amide bonds. The molecule has 186 valence electrons. The van der Waals surface area contributed by atoms with E-state index in [0.29, 0.717) is 22.6 Å². The molecule has 2 aromatic rings. The van der Waals surface area contributed by atoms with Gasteiger partial charge in [0.25, 0.3) is 0 Å². The van der Waals surface area contributed by atoms with Crippen LogP contribution < -0.4 is 18.9 Å². The summed E-state index contributed by atoms with van der Waals surface area (Å²) >= 11 is 0. The molecule has 0 aliphatic heterocycles. The number of carbonyl (C=O) groups is 3. The minimum absolute atomic E-state index is 0.109. The number of carbonyl (C=O) groups excluding carboxylic acids is 3. The van der Waals surface area contributed by atoms with Crippen LogP contribution >= 0.6 is 0 Å². The highest BCUT2D eigenvalue weighted by Gasteiger charge is 2.17. The van der Waals surface area contributed by atoms with Crippen LogP contribution in [-0.4, -0.2) is 45.3 Å². The van der Waals surface area contributed by atoms with Gasteiger partial charge in [-0.15, -0.1) is 0 Å². The summed E-state index contributed by atoms with van der Waals surface area (Å²) in [6.45, 7) is 5.10. The van der Waals surface area contributed by atoms with Gasteiger partial charge in [0.05, 0.1) is 27.4 Å². The monoisotopic (exact) mass is 484 g/mol. The maximum Gasteiger partial charge on any atom is 0.374 e. The van der Waals surface area contributed by atoms with Crippen LogP contribution in [0.3, 0.4) is 0 Å². The van der Waals surface area contributed by atoms with Crippen LogP contribution in [-0.2, 0) is 23.9 Å². The lowest BCUT2D eigenvalue weighted by Gasteiger charge is -2.14. The Morgan fingerprint density at radius 2 is 1.34 bits per heavy atom. The van der Waals surface area contributed by atoms with Crippen molar-refractivity contribution < 1.29 is 42.8 Å². The molecule has 0 aliphatic carbocycles. The third kappa shape index (κ3) is 8.22. The molecule has 0 atom stereocenters. The van der Waals surface area contributed by atoms with Crippen LogP contribution in [0.4, 0.5) is 0 Å². The molecule has 2 aromatic carbocycles. The summed E-state index contributed by atoms with van der Waals surface area (Å²) in [7, 11) is 2.88. The van der Waals surface area contributed by atoms with E-state index in [1.54, 1.807) is 56.3 Å². The molecule has 0 spiro atoms. The van der Waals surface area contributed by atoms with E-state index in [9.17, 15) is 14.4 Å². The van der Waals surface area contributed by atoms with Gasteiger partial charge in [0.15, 0.2) is 23.0 Å². The molecular formula is C26H28O9. The van der Waals surface area contributed by atoms with E-state index in [2.05, 4.69) is 0 Å². The predicted molar refractivity (Wildman–Crippen MR) is 128 cm³/mol. The van der Waals surface area contributed by atoms with Crippen LogP contribution in [0.1, 0.15) is 31.9 Å². The van der Waals surface area contributed by atoms with Crippen molar-refractivity contribution >= 4 is 30.1 Å². The zero-order valence-corrected chi connectivity index (χ0v) is 20.3. The molecule has 0 heterocycles. The maximum atomic E-state index is 12.6. The summed E-state index contributed by atoms with van der Waals surface area (Å²) < 4.78 is 31.6. The van der Waals surface area contributed by atoms with Gasteiger partial charge in [-0.2, -0.15) is 0 Å². The van der Waals surface area contributed by atoms with Crippen molar-refractivity contribution in [3.8, 4) is 23.0 Å². The Bertz CT molecular complexity index is 1120. The predicted octanol–water partition coefficient (Wildman–Crippen LogP) is 4.19. The van der Waals surface area contributed by atoms with Crippen molar-refractivity contribution in [1.29, 1.82) is 0 Å². The summed E-state index contributed by atoms with van der Waals surface area (Å²) in [6, 6.07) is 9.69. The second kappa shape index (κ2) is 13.4. The molecule has 35 heavy (non-hydrogen) atoms. The number of hydrogen-bond donors (Lipinski definition) is 0. The fraction of sp³-hybridized carbons (Fsp3) is 0.269. The summed E-state index contributed by atoms with van der Waals surface area (Å²) in [6.07, 6.45) is 4.34. The van der Waals surface area contributed by atoms with Gasteiger partial charge in [0, 0.05) is 13.0 Å². The fourth-order valence-corrected chi connectivity index (χ4v) is 2.84. The highest BCUT2D eigenvalue weighted by Crippen LogP contribution is 2.32. The lowest BCUT2D eigenvalue weighted by molar-refractivity contribution is -0.141. The van der Waals surface area contributed by atoms with E-state index in [1.165, 1.54) is 33.3 Å². The zero-order valence-electron chi connectivity index (χ0n) is 20.3.